The third kappa shape index (κ3) is 3.58. The van der Waals surface area contributed by atoms with Crippen molar-refractivity contribution in [1.82, 2.24) is 24.6 Å². The highest BCUT2D eigenvalue weighted by molar-refractivity contribution is 5.91. The highest BCUT2D eigenvalue weighted by atomic mass is 35.5. The van der Waals surface area contributed by atoms with Crippen molar-refractivity contribution >= 4 is 18.3 Å². The Bertz CT molecular complexity index is 899. The number of benzene rings is 1. The molecule has 0 radical (unpaired) electrons. The maximum absolute atomic E-state index is 13.3. The number of likely N-dealkylation sites (tertiary alicyclic amines) is 2. The molecule has 3 atom stereocenters. The molecule has 0 N–H and O–H groups in total. The molecule has 8 heteroatoms. The predicted molar refractivity (Wildman–Crippen MR) is 116 cm³/mol. The number of rotatable bonds is 3. The normalized spacial score (nSPS) is 25.9. The topological polar surface area (TPSA) is 63.5 Å². The first-order chi connectivity index (χ1) is 14.2. The molecule has 2 fully saturated rings. The zero-order chi connectivity index (χ0) is 20.0. The van der Waals surface area contributed by atoms with Crippen molar-refractivity contribution in [3.63, 3.8) is 0 Å². The van der Waals surface area contributed by atoms with Gasteiger partial charge in [-0.25, -0.2) is 0 Å². The maximum atomic E-state index is 13.3. The summed E-state index contributed by atoms with van der Waals surface area (Å²) in [5.74, 6) is 3.39. The van der Waals surface area contributed by atoms with Gasteiger partial charge in [-0.2, -0.15) is 0 Å². The molecule has 0 saturated carbocycles. The van der Waals surface area contributed by atoms with Crippen LogP contribution < -0.4 is 4.74 Å². The minimum absolute atomic E-state index is 0. The van der Waals surface area contributed by atoms with Gasteiger partial charge in [0.25, 0.3) is 5.91 Å². The summed E-state index contributed by atoms with van der Waals surface area (Å²) in [7, 11) is 3.89. The number of fused-ring (bicyclic) bond motifs is 2. The van der Waals surface area contributed by atoms with E-state index < -0.39 is 0 Å². The SMILES string of the molecule is COc1ccc([C@@H]2[C@@H]3CN(C(=O)c4nnc5n4CCCCC5)C[C@@H]3CN2C)cc1.Cl. The molecule has 0 unspecified atom stereocenters. The van der Waals surface area contributed by atoms with Crippen LogP contribution in [-0.4, -0.2) is 64.3 Å². The summed E-state index contributed by atoms with van der Waals surface area (Å²) < 4.78 is 7.37. The van der Waals surface area contributed by atoms with Crippen molar-refractivity contribution in [2.24, 2.45) is 11.8 Å². The summed E-state index contributed by atoms with van der Waals surface area (Å²) in [5.41, 5.74) is 1.30. The molecule has 3 aliphatic rings. The van der Waals surface area contributed by atoms with Crippen LogP contribution in [0.3, 0.4) is 0 Å². The van der Waals surface area contributed by atoms with Crippen LogP contribution in [0.2, 0.25) is 0 Å². The van der Waals surface area contributed by atoms with E-state index >= 15 is 0 Å². The molecule has 1 aromatic heterocycles. The Kier molecular flexibility index (Phi) is 6.02. The summed E-state index contributed by atoms with van der Waals surface area (Å²) in [6.45, 7) is 3.47. The Balaban J connectivity index is 0.00000218. The molecule has 0 aliphatic carbocycles. The Hall–Kier alpha value is -2.12. The van der Waals surface area contributed by atoms with Crippen molar-refractivity contribution in [3.05, 3.63) is 41.5 Å². The van der Waals surface area contributed by atoms with Gasteiger partial charge >= 0.3 is 0 Å². The fourth-order valence-electron chi connectivity index (χ4n) is 5.51. The maximum Gasteiger partial charge on any atom is 0.291 e. The monoisotopic (exact) mass is 431 g/mol. The number of carbonyl (C=O) groups is 1. The number of aromatic nitrogens is 3. The van der Waals surface area contributed by atoms with Gasteiger partial charge in [0.05, 0.1) is 7.11 Å². The fraction of sp³-hybridized carbons (Fsp3) is 0.591. The quantitative estimate of drug-likeness (QED) is 0.747. The average Bonchev–Trinajstić information content (AvgIpc) is 3.35. The first-order valence-electron chi connectivity index (χ1n) is 10.7. The van der Waals surface area contributed by atoms with Crippen LogP contribution >= 0.6 is 12.4 Å². The summed E-state index contributed by atoms with van der Waals surface area (Å²) >= 11 is 0. The van der Waals surface area contributed by atoms with Crippen LogP contribution in [0.4, 0.5) is 0 Å². The van der Waals surface area contributed by atoms with Crippen LogP contribution in [0.15, 0.2) is 24.3 Å². The Morgan fingerprint density at radius 2 is 1.87 bits per heavy atom. The van der Waals surface area contributed by atoms with Crippen molar-refractivity contribution < 1.29 is 9.53 Å². The molecule has 0 spiro atoms. The second-order valence-electron chi connectivity index (χ2n) is 8.69. The summed E-state index contributed by atoms with van der Waals surface area (Å²) in [4.78, 5) is 17.8. The van der Waals surface area contributed by atoms with Crippen LogP contribution in [0, 0.1) is 11.8 Å². The summed E-state index contributed by atoms with van der Waals surface area (Å²) in [5, 5.41) is 8.60. The molecule has 30 heavy (non-hydrogen) atoms. The van der Waals surface area contributed by atoms with Gasteiger partial charge in [-0.05, 0) is 43.5 Å². The first-order valence-corrected chi connectivity index (χ1v) is 10.7. The number of ether oxygens (including phenoxy) is 1. The standard InChI is InChI=1S/C22H29N5O2.ClH/c1-25-12-16-13-26(14-18(16)20(25)15-7-9-17(29-2)10-8-15)22(28)21-24-23-19-6-4-3-5-11-27(19)21;/h7-10,16,18,20H,3-6,11-14H2,1-2H3;1H/t16-,18+,20+;/m0./s1. The zero-order valence-corrected chi connectivity index (χ0v) is 18.5. The highest BCUT2D eigenvalue weighted by Crippen LogP contribution is 2.44. The van der Waals surface area contributed by atoms with Crippen LogP contribution in [0.25, 0.3) is 0 Å². The van der Waals surface area contributed by atoms with Crippen LogP contribution in [-0.2, 0) is 13.0 Å². The fourth-order valence-corrected chi connectivity index (χ4v) is 5.51. The molecule has 3 aliphatic heterocycles. The Labute approximate surface area is 183 Å². The lowest BCUT2D eigenvalue weighted by molar-refractivity contribution is 0.0750. The number of amides is 1. The molecule has 7 nitrogen and oxygen atoms in total. The van der Waals surface area contributed by atoms with Gasteiger partial charge in [-0.15, -0.1) is 22.6 Å². The average molecular weight is 432 g/mol. The lowest BCUT2D eigenvalue weighted by Crippen LogP contribution is -2.35. The largest absolute Gasteiger partial charge is 0.497 e. The van der Waals surface area contributed by atoms with Gasteiger partial charge in [-0.3, -0.25) is 9.69 Å². The zero-order valence-electron chi connectivity index (χ0n) is 17.7. The van der Waals surface area contributed by atoms with E-state index in [1.807, 2.05) is 17.0 Å². The molecule has 5 rings (SSSR count). The Morgan fingerprint density at radius 1 is 1.07 bits per heavy atom. The summed E-state index contributed by atoms with van der Waals surface area (Å²) in [6, 6.07) is 8.70. The molecule has 4 heterocycles. The molecule has 162 valence electrons. The highest BCUT2D eigenvalue weighted by Gasteiger charge is 2.47. The van der Waals surface area contributed by atoms with Gasteiger partial charge in [0.1, 0.15) is 11.6 Å². The molecule has 2 aromatic rings. The second-order valence-corrected chi connectivity index (χ2v) is 8.69. The minimum atomic E-state index is 0. The first kappa shape index (κ1) is 21.1. The van der Waals surface area contributed by atoms with E-state index in [-0.39, 0.29) is 18.3 Å². The molecular formula is C22H30ClN5O2. The van der Waals surface area contributed by atoms with E-state index in [9.17, 15) is 4.79 Å². The van der Waals surface area contributed by atoms with Gasteiger partial charge in [0.15, 0.2) is 0 Å². The van der Waals surface area contributed by atoms with Crippen LogP contribution in [0.1, 0.15) is 47.3 Å². The van der Waals surface area contributed by atoms with E-state index in [4.69, 9.17) is 4.74 Å². The minimum Gasteiger partial charge on any atom is -0.497 e. The number of carbonyl (C=O) groups excluding carboxylic acids is 1. The molecule has 1 amide bonds. The number of nitrogens with zero attached hydrogens (tertiary/aromatic N) is 5. The van der Waals surface area contributed by atoms with Gasteiger partial charge < -0.3 is 14.2 Å². The van der Waals surface area contributed by atoms with Gasteiger partial charge in [0, 0.05) is 44.6 Å². The molecule has 2 saturated heterocycles. The number of hydrogen-bond donors (Lipinski definition) is 0. The third-order valence-electron chi connectivity index (χ3n) is 6.94. The van der Waals surface area contributed by atoms with Crippen molar-refractivity contribution in [1.29, 1.82) is 0 Å². The number of aryl methyl sites for hydroxylation is 1. The number of halogens is 1. The molecular weight excluding hydrogens is 402 g/mol. The second kappa shape index (κ2) is 8.55. The summed E-state index contributed by atoms with van der Waals surface area (Å²) in [6.07, 6.45) is 4.35. The van der Waals surface area contributed by atoms with Crippen LogP contribution in [0.5, 0.6) is 5.75 Å². The van der Waals surface area contributed by atoms with Crippen molar-refractivity contribution in [3.8, 4) is 5.75 Å². The lowest BCUT2D eigenvalue weighted by Gasteiger charge is -2.27. The smallest absolute Gasteiger partial charge is 0.291 e. The van der Waals surface area contributed by atoms with E-state index in [0.717, 1.165) is 57.0 Å². The van der Waals surface area contributed by atoms with E-state index in [1.54, 1.807) is 7.11 Å². The molecule has 1 aromatic carbocycles. The lowest BCUT2D eigenvalue weighted by atomic mass is 9.89. The molecule has 0 bridgehead atoms. The van der Waals surface area contributed by atoms with E-state index in [1.165, 1.54) is 12.0 Å². The van der Waals surface area contributed by atoms with Gasteiger partial charge in [0.2, 0.25) is 5.82 Å². The van der Waals surface area contributed by atoms with Crippen molar-refractivity contribution in [2.75, 3.05) is 33.8 Å². The number of hydrogen-bond acceptors (Lipinski definition) is 5. The number of methoxy groups -OCH3 is 1. The third-order valence-corrected chi connectivity index (χ3v) is 6.94. The van der Waals surface area contributed by atoms with Gasteiger partial charge in [-0.1, -0.05) is 18.6 Å². The van der Waals surface area contributed by atoms with E-state index in [0.29, 0.717) is 23.7 Å². The van der Waals surface area contributed by atoms with E-state index in [2.05, 4.69) is 38.8 Å². The predicted octanol–water partition coefficient (Wildman–Crippen LogP) is 2.81. The van der Waals surface area contributed by atoms with Crippen molar-refractivity contribution in [2.45, 2.75) is 38.3 Å². The Morgan fingerprint density at radius 3 is 2.63 bits per heavy atom.